The minimum atomic E-state index is 0.210. The second-order valence-corrected chi connectivity index (χ2v) is 5.20. The lowest BCUT2D eigenvalue weighted by Crippen LogP contribution is -2.30. The number of likely N-dealkylation sites (tertiary alicyclic amines) is 1. The zero-order valence-corrected chi connectivity index (χ0v) is 9.72. The maximum Gasteiger partial charge on any atom is 0.223 e. The van der Waals surface area contributed by atoms with Crippen molar-refractivity contribution < 1.29 is 9.90 Å². The monoisotopic (exact) mass is 217 g/mol. The smallest absolute Gasteiger partial charge is 0.223 e. The predicted molar refractivity (Wildman–Crippen MR) is 59.4 cm³/mol. The lowest BCUT2D eigenvalue weighted by atomic mass is 10.1. The molecule has 2 unspecified atom stereocenters. The molecule has 1 fully saturated rings. The largest absolute Gasteiger partial charge is 0.396 e. The maximum atomic E-state index is 11.7. The third-order valence-corrected chi connectivity index (χ3v) is 3.73. The second-order valence-electron chi connectivity index (χ2n) is 3.93. The van der Waals surface area contributed by atoms with Crippen LogP contribution in [0.4, 0.5) is 0 Å². The van der Waals surface area contributed by atoms with E-state index < -0.39 is 0 Å². The molecule has 1 amide bonds. The van der Waals surface area contributed by atoms with Crippen LogP contribution in [0.15, 0.2) is 0 Å². The van der Waals surface area contributed by atoms with Crippen LogP contribution in [0.5, 0.6) is 0 Å². The van der Waals surface area contributed by atoms with Crippen LogP contribution in [0.25, 0.3) is 0 Å². The summed E-state index contributed by atoms with van der Waals surface area (Å²) in [6, 6.07) is 0. The third kappa shape index (κ3) is 3.17. The Hall–Kier alpha value is -0.220. The van der Waals surface area contributed by atoms with Crippen LogP contribution in [0.3, 0.4) is 0 Å². The first-order valence-electron chi connectivity index (χ1n) is 5.08. The summed E-state index contributed by atoms with van der Waals surface area (Å²) < 4.78 is 0. The highest BCUT2D eigenvalue weighted by Gasteiger charge is 2.25. The topological polar surface area (TPSA) is 40.5 Å². The van der Waals surface area contributed by atoms with Crippen LogP contribution in [-0.4, -0.2) is 47.1 Å². The fourth-order valence-electron chi connectivity index (χ4n) is 1.67. The van der Waals surface area contributed by atoms with Crippen molar-refractivity contribution in [3.63, 3.8) is 0 Å². The Labute approximate surface area is 89.9 Å². The van der Waals surface area contributed by atoms with Gasteiger partial charge in [0.05, 0.1) is 0 Å². The van der Waals surface area contributed by atoms with Gasteiger partial charge in [0.25, 0.3) is 0 Å². The highest BCUT2D eigenvalue weighted by atomic mass is 32.2. The summed E-state index contributed by atoms with van der Waals surface area (Å²) in [5.41, 5.74) is 0. The van der Waals surface area contributed by atoms with Gasteiger partial charge in [-0.05, 0) is 12.7 Å². The van der Waals surface area contributed by atoms with Crippen molar-refractivity contribution in [2.75, 3.05) is 26.0 Å². The number of carbonyl (C=O) groups is 1. The van der Waals surface area contributed by atoms with Crippen molar-refractivity contribution in [2.24, 2.45) is 5.92 Å². The molecular formula is C10H19NO2S. The summed E-state index contributed by atoms with van der Waals surface area (Å²) in [6.45, 7) is 3.85. The summed E-state index contributed by atoms with van der Waals surface area (Å²) in [5, 5.41) is 9.35. The first-order valence-corrected chi connectivity index (χ1v) is 6.37. The Bertz CT molecular complexity index is 199. The highest BCUT2D eigenvalue weighted by Crippen LogP contribution is 2.18. The van der Waals surface area contributed by atoms with Crippen LogP contribution >= 0.6 is 11.8 Å². The number of aliphatic hydroxyl groups is 1. The number of thioether (sulfide) groups is 1. The van der Waals surface area contributed by atoms with Crippen LogP contribution in [0, 0.1) is 5.92 Å². The molecular weight excluding hydrogens is 198 g/mol. The van der Waals surface area contributed by atoms with Crippen LogP contribution in [0.1, 0.15) is 19.8 Å². The lowest BCUT2D eigenvalue weighted by molar-refractivity contribution is -0.130. The van der Waals surface area contributed by atoms with Gasteiger partial charge in [0, 0.05) is 37.3 Å². The Balaban J connectivity index is 2.32. The van der Waals surface area contributed by atoms with E-state index in [2.05, 4.69) is 6.92 Å². The molecule has 0 radical (unpaired) electrons. The number of hydrogen-bond acceptors (Lipinski definition) is 3. The molecule has 14 heavy (non-hydrogen) atoms. The molecule has 0 aliphatic carbocycles. The quantitative estimate of drug-likeness (QED) is 0.763. The van der Waals surface area contributed by atoms with Crippen molar-refractivity contribution in [2.45, 2.75) is 25.0 Å². The summed E-state index contributed by atoms with van der Waals surface area (Å²) >= 11 is 1.72. The van der Waals surface area contributed by atoms with Gasteiger partial charge in [-0.15, -0.1) is 0 Å². The number of hydrogen-bond donors (Lipinski definition) is 1. The molecule has 1 rings (SSSR count). The Morgan fingerprint density at radius 2 is 2.43 bits per heavy atom. The molecule has 4 heteroatoms. The van der Waals surface area contributed by atoms with E-state index in [0.29, 0.717) is 17.6 Å². The Morgan fingerprint density at radius 3 is 2.93 bits per heavy atom. The van der Waals surface area contributed by atoms with Crippen LogP contribution < -0.4 is 0 Å². The maximum absolute atomic E-state index is 11.7. The molecule has 0 aromatic heterocycles. The molecule has 3 nitrogen and oxygen atoms in total. The van der Waals surface area contributed by atoms with Crippen molar-refractivity contribution in [1.82, 2.24) is 4.90 Å². The van der Waals surface area contributed by atoms with Gasteiger partial charge in [0.1, 0.15) is 0 Å². The first-order chi connectivity index (χ1) is 6.67. The van der Waals surface area contributed by atoms with E-state index in [1.165, 1.54) is 0 Å². The summed E-state index contributed by atoms with van der Waals surface area (Å²) in [4.78, 5) is 13.6. The van der Waals surface area contributed by atoms with E-state index in [0.717, 1.165) is 19.5 Å². The summed E-state index contributed by atoms with van der Waals surface area (Å²) in [7, 11) is 0. The fraction of sp³-hybridized carbons (Fsp3) is 0.900. The first kappa shape index (κ1) is 11.9. The standard InChI is InChI=1S/C10H19NO2S/c1-8(14-2)5-10(13)11-4-3-9(6-11)7-12/h8-9,12H,3-7H2,1-2H3. The van der Waals surface area contributed by atoms with Gasteiger partial charge in [0.2, 0.25) is 5.91 Å². The molecule has 2 atom stereocenters. The van der Waals surface area contributed by atoms with Gasteiger partial charge in [-0.3, -0.25) is 4.79 Å². The van der Waals surface area contributed by atoms with E-state index in [1.54, 1.807) is 11.8 Å². The van der Waals surface area contributed by atoms with Crippen molar-refractivity contribution in [3.05, 3.63) is 0 Å². The van der Waals surface area contributed by atoms with Crippen LogP contribution in [0.2, 0.25) is 0 Å². The van der Waals surface area contributed by atoms with Gasteiger partial charge in [-0.2, -0.15) is 11.8 Å². The number of carbonyl (C=O) groups excluding carboxylic acids is 1. The van der Waals surface area contributed by atoms with E-state index >= 15 is 0 Å². The average Bonchev–Trinajstić information content (AvgIpc) is 2.65. The molecule has 1 aliphatic rings. The van der Waals surface area contributed by atoms with Crippen LogP contribution in [-0.2, 0) is 4.79 Å². The molecule has 82 valence electrons. The number of amides is 1. The third-order valence-electron chi connectivity index (χ3n) is 2.76. The highest BCUT2D eigenvalue weighted by molar-refractivity contribution is 7.99. The van der Waals surface area contributed by atoms with E-state index in [9.17, 15) is 4.79 Å². The molecule has 0 aromatic rings. The average molecular weight is 217 g/mol. The van der Waals surface area contributed by atoms with E-state index in [4.69, 9.17) is 5.11 Å². The molecule has 1 aliphatic heterocycles. The second kappa shape index (κ2) is 5.61. The van der Waals surface area contributed by atoms with Crippen molar-refractivity contribution in [3.8, 4) is 0 Å². The van der Waals surface area contributed by atoms with Gasteiger partial charge < -0.3 is 10.0 Å². The summed E-state index contributed by atoms with van der Waals surface area (Å²) in [6.07, 6.45) is 3.60. The van der Waals surface area contributed by atoms with Gasteiger partial charge in [-0.1, -0.05) is 6.92 Å². The van der Waals surface area contributed by atoms with Crippen molar-refractivity contribution in [1.29, 1.82) is 0 Å². The number of nitrogens with zero attached hydrogens (tertiary/aromatic N) is 1. The molecule has 1 saturated heterocycles. The number of aliphatic hydroxyl groups excluding tert-OH is 1. The predicted octanol–water partition coefficient (Wildman–Crippen LogP) is 0.969. The van der Waals surface area contributed by atoms with Gasteiger partial charge in [-0.25, -0.2) is 0 Å². The fourth-order valence-corrected chi connectivity index (χ4v) is 1.98. The SMILES string of the molecule is CSC(C)CC(=O)N1CCC(CO)C1. The molecule has 0 aromatic carbocycles. The molecule has 1 N–H and O–H groups in total. The summed E-state index contributed by atoms with van der Waals surface area (Å²) in [5.74, 6) is 0.548. The van der Waals surface area contributed by atoms with E-state index in [1.807, 2.05) is 11.2 Å². The Morgan fingerprint density at radius 1 is 1.71 bits per heavy atom. The van der Waals surface area contributed by atoms with Gasteiger partial charge >= 0.3 is 0 Å². The van der Waals surface area contributed by atoms with Crippen molar-refractivity contribution >= 4 is 17.7 Å². The number of rotatable bonds is 4. The molecule has 0 spiro atoms. The molecule has 1 heterocycles. The minimum absolute atomic E-state index is 0.210. The zero-order chi connectivity index (χ0) is 10.6. The zero-order valence-electron chi connectivity index (χ0n) is 8.90. The molecule has 0 bridgehead atoms. The van der Waals surface area contributed by atoms with Gasteiger partial charge in [0.15, 0.2) is 0 Å². The minimum Gasteiger partial charge on any atom is -0.396 e. The molecule has 0 saturated carbocycles. The van der Waals surface area contributed by atoms with E-state index in [-0.39, 0.29) is 12.5 Å². The lowest BCUT2D eigenvalue weighted by Gasteiger charge is -2.18. The normalized spacial score (nSPS) is 23.9. The Kier molecular flexibility index (Phi) is 4.75.